The maximum atomic E-state index is 12.3. The Morgan fingerprint density at radius 1 is 1.39 bits per heavy atom. The van der Waals surface area contributed by atoms with Gasteiger partial charge >= 0.3 is 5.97 Å². The molecule has 11 heteroatoms. The van der Waals surface area contributed by atoms with E-state index in [0.29, 0.717) is 11.6 Å². The lowest BCUT2D eigenvalue weighted by molar-refractivity contribution is -0.150. The topological polar surface area (TPSA) is 125 Å². The van der Waals surface area contributed by atoms with Crippen molar-refractivity contribution >= 4 is 58.7 Å². The number of hydrogen-bond acceptors (Lipinski definition) is 6. The molecule has 2 aliphatic rings. The molecule has 4 N–H and O–H groups in total. The van der Waals surface area contributed by atoms with E-state index in [1.807, 2.05) is 30.3 Å². The summed E-state index contributed by atoms with van der Waals surface area (Å²) >= 11 is 8.72. The van der Waals surface area contributed by atoms with Crippen molar-refractivity contribution in [1.29, 1.82) is 0 Å². The molecule has 2 heterocycles. The Morgan fingerprint density at radius 2 is 2.11 bits per heavy atom. The van der Waals surface area contributed by atoms with Crippen molar-refractivity contribution in [1.82, 2.24) is 10.2 Å². The number of carboxylic acid groups (broad SMARTS) is 1. The van der Waals surface area contributed by atoms with Gasteiger partial charge in [0.05, 0.1) is 10.8 Å². The first-order chi connectivity index (χ1) is 13.4. The first kappa shape index (κ1) is 20.6. The van der Waals surface area contributed by atoms with Gasteiger partial charge in [-0.15, -0.1) is 23.5 Å². The molecule has 0 radical (unpaired) electrons. The van der Waals surface area contributed by atoms with E-state index in [0.717, 1.165) is 9.80 Å². The maximum Gasteiger partial charge on any atom is 0.353 e. The standard InChI is InChI=1S/C17H17ClN4O4S2/c18-10-7-28-16-13(15(24)22(16)14(10)17(25)26)21-12(23)6-20-11(19)8-27-9-4-2-1-3-5-9/h1-5,13,16H,6-8H2,(H2,19,20)(H,21,23)(H,25,26)/t13?,16-/m0/s1. The van der Waals surface area contributed by atoms with Crippen LogP contribution in [0.2, 0.25) is 0 Å². The number of aliphatic carboxylic acids is 1. The van der Waals surface area contributed by atoms with Gasteiger partial charge in [-0.3, -0.25) is 19.5 Å². The summed E-state index contributed by atoms with van der Waals surface area (Å²) in [7, 11) is 0. The van der Waals surface area contributed by atoms with Crippen LogP contribution in [-0.2, 0) is 14.4 Å². The van der Waals surface area contributed by atoms with Gasteiger partial charge in [0.25, 0.3) is 5.91 Å². The summed E-state index contributed by atoms with van der Waals surface area (Å²) in [6.07, 6.45) is 0. The number of nitrogens with one attached hydrogen (secondary N) is 1. The number of carbonyl (C=O) groups excluding carboxylic acids is 2. The number of aliphatic imine (C=N–C) groups is 1. The predicted octanol–water partition coefficient (Wildman–Crippen LogP) is 1.07. The van der Waals surface area contributed by atoms with Gasteiger partial charge in [-0.25, -0.2) is 4.79 Å². The number of amides is 2. The number of thioether (sulfide) groups is 2. The van der Waals surface area contributed by atoms with E-state index >= 15 is 0 Å². The highest BCUT2D eigenvalue weighted by Gasteiger charge is 2.54. The number of carbonyl (C=O) groups is 3. The van der Waals surface area contributed by atoms with Gasteiger partial charge in [-0.05, 0) is 12.1 Å². The monoisotopic (exact) mass is 440 g/mol. The van der Waals surface area contributed by atoms with Gasteiger partial charge in [0.2, 0.25) is 5.91 Å². The van der Waals surface area contributed by atoms with Crippen LogP contribution in [0.5, 0.6) is 0 Å². The van der Waals surface area contributed by atoms with Crippen molar-refractivity contribution in [2.75, 3.05) is 18.1 Å². The van der Waals surface area contributed by atoms with Crippen molar-refractivity contribution in [3.63, 3.8) is 0 Å². The quantitative estimate of drug-likeness (QED) is 0.250. The summed E-state index contributed by atoms with van der Waals surface area (Å²) in [5.74, 6) is -1.19. The summed E-state index contributed by atoms with van der Waals surface area (Å²) in [6, 6.07) is 8.86. The molecule has 0 saturated carbocycles. The molecule has 1 unspecified atom stereocenters. The largest absolute Gasteiger partial charge is 0.477 e. The Hall–Kier alpha value is -2.17. The Balaban J connectivity index is 1.50. The van der Waals surface area contributed by atoms with Crippen LogP contribution >= 0.6 is 35.1 Å². The number of fused-ring (bicyclic) bond motifs is 1. The number of hydrogen-bond donors (Lipinski definition) is 3. The number of carboxylic acids is 1. The van der Waals surface area contributed by atoms with E-state index in [2.05, 4.69) is 10.3 Å². The Kier molecular flexibility index (Phi) is 6.53. The van der Waals surface area contributed by atoms with Crippen molar-refractivity contribution < 1.29 is 19.5 Å². The molecule has 1 aromatic rings. The molecule has 1 aromatic carbocycles. The van der Waals surface area contributed by atoms with Crippen LogP contribution in [-0.4, -0.2) is 63.1 Å². The molecule has 3 rings (SSSR count). The summed E-state index contributed by atoms with van der Waals surface area (Å²) in [4.78, 5) is 41.9. The lowest BCUT2D eigenvalue weighted by Gasteiger charge is -2.48. The number of nitrogens with zero attached hydrogens (tertiary/aromatic N) is 2. The predicted molar refractivity (Wildman–Crippen MR) is 109 cm³/mol. The minimum absolute atomic E-state index is 0.111. The fourth-order valence-corrected chi connectivity index (χ4v) is 5.00. The highest BCUT2D eigenvalue weighted by molar-refractivity contribution is 8.00. The molecule has 148 valence electrons. The van der Waals surface area contributed by atoms with Crippen molar-refractivity contribution in [2.45, 2.75) is 16.3 Å². The highest BCUT2D eigenvalue weighted by atomic mass is 35.5. The second kappa shape index (κ2) is 8.89. The first-order valence-electron chi connectivity index (χ1n) is 8.21. The fraction of sp³-hybridized carbons (Fsp3) is 0.294. The number of benzene rings is 1. The number of amidine groups is 1. The average molecular weight is 441 g/mol. The van der Waals surface area contributed by atoms with E-state index in [1.54, 1.807) is 0 Å². The van der Waals surface area contributed by atoms with Gasteiger partial charge < -0.3 is 16.2 Å². The van der Waals surface area contributed by atoms with Crippen LogP contribution in [0.1, 0.15) is 0 Å². The van der Waals surface area contributed by atoms with Gasteiger partial charge in [0, 0.05) is 10.6 Å². The van der Waals surface area contributed by atoms with E-state index in [4.69, 9.17) is 17.3 Å². The third-order valence-corrected chi connectivity index (χ3v) is 6.79. The summed E-state index contributed by atoms with van der Waals surface area (Å²) in [5, 5.41) is 11.4. The normalized spacial score (nSPS) is 21.8. The molecule has 2 amide bonds. The van der Waals surface area contributed by atoms with Crippen LogP contribution in [0, 0.1) is 0 Å². The molecular weight excluding hydrogens is 424 g/mol. The zero-order chi connectivity index (χ0) is 20.3. The number of rotatable bonds is 7. The van der Waals surface area contributed by atoms with Crippen LogP contribution in [0.4, 0.5) is 0 Å². The summed E-state index contributed by atoms with van der Waals surface area (Å²) in [5.41, 5.74) is 5.61. The molecule has 8 nitrogen and oxygen atoms in total. The van der Waals surface area contributed by atoms with E-state index in [9.17, 15) is 19.5 Å². The molecule has 0 aromatic heterocycles. The van der Waals surface area contributed by atoms with E-state index in [1.165, 1.54) is 23.5 Å². The number of nitrogens with two attached hydrogens (primary N) is 1. The van der Waals surface area contributed by atoms with Gasteiger partial charge in [-0.1, -0.05) is 29.8 Å². The molecule has 0 spiro atoms. The average Bonchev–Trinajstić information content (AvgIpc) is 2.69. The van der Waals surface area contributed by atoms with Crippen LogP contribution in [0.15, 0.2) is 50.9 Å². The Morgan fingerprint density at radius 3 is 2.79 bits per heavy atom. The SMILES string of the molecule is NC(CSc1ccccc1)=NCC(=O)NC1C(=O)N2C(C(=O)O)=C(Cl)CS[C@@H]12. The van der Waals surface area contributed by atoms with Gasteiger partial charge in [0.1, 0.15) is 29.5 Å². The second-order valence-corrected chi connectivity index (χ2v) is 8.53. The van der Waals surface area contributed by atoms with Gasteiger partial charge in [-0.2, -0.15) is 0 Å². The smallest absolute Gasteiger partial charge is 0.353 e. The Bertz CT molecular complexity index is 862. The molecule has 28 heavy (non-hydrogen) atoms. The minimum Gasteiger partial charge on any atom is -0.477 e. The van der Waals surface area contributed by atoms with Crippen molar-refractivity contribution in [2.24, 2.45) is 10.7 Å². The third kappa shape index (κ3) is 4.45. The molecule has 2 aliphatic heterocycles. The molecule has 1 saturated heterocycles. The summed E-state index contributed by atoms with van der Waals surface area (Å²) in [6.45, 7) is -0.204. The zero-order valence-corrected chi connectivity index (χ0v) is 16.9. The zero-order valence-electron chi connectivity index (χ0n) is 14.5. The second-order valence-electron chi connectivity index (χ2n) is 5.92. The third-order valence-electron chi connectivity index (χ3n) is 4.00. The van der Waals surface area contributed by atoms with E-state index < -0.39 is 29.2 Å². The van der Waals surface area contributed by atoms with Crippen LogP contribution in [0.3, 0.4) is 0 Å². The lowest BCUT2D eigenvalue weighted by atomic mass is 10.1. The van der Waals surface area contributed by atoms with E-state index in [-0.39, 0.29) is 23.0 Å². The minimum atomic E-state index is -1.26. The Labute approximate surface area is 174 Å². The van der Waals surface area contributed by atoms with Crippen LogP contribution in [0.25, 0.3) is 0 Å². The molecule has 2 atom stereocenters. The maximum absolute atomic E-state index is 12.3. The molecule has 1 fully saturated rings. The van der Waals surface area contributed by atoms with Crippen molar-refractivity contribution in [3.8, 4) is 0 Å². The highest BCUT2D eigenvalue weighted by Crippen LogP contribution is 2.41. The first-order valence-corrected chi connectivity index (χ1v) is 10.6. The number of halogens is 1. The molecule has 0 aliphatic carbocycles. The van der Waals surface area contributed by atoms with Crippen LogP contribution < -0.4 is 11.1 Å². The summed E-state index contributed by atoms with van der Waals surface area (Å²) < 4.78 is 0. The fourth-order valence-electron chi connectivity index (χ4n) is 2.69. The van der Waals surface area contributed by atoms with Gasteiger partial charge in [0.15, 0.2) is 0 Å². The van der Waals surface area contributed by atoms with Crippen molar-refractivity contribution in [3.05, 3.63) is 41.1 Å². The number of β-lactam (4-membered cyclic amide) rings is 1. The molecular formula is C17H17ClN4O4S2. The molecule has 0 bridgehead atoms. The lowest BCUT2D eigenvalue weighted by Crippen LogP contribution is -2.70.